The SMILES string of the molecule is CC(=O)c1cc(C(=O)OCC(=O)c2ccc(CC(=O)N3CCOCC3)s2)n(C)c1. The molecule has 2 aromatic heterocycles. The average Bonchev–Trinajstić information content (AvgIpc) is 3.33. The number of hydrogen-bond acceptors (Lipinski definition) is 7. The standard InChI is InChI=1S/C20H22N2O6S/c1-13(23)14-9-16(21(2)11-14)20(26)28-12-17(24)18-4-3-15(29-18)10-19(25)22-5-7-27-8-6-22/h3-4,9,11H,5-8,10,12H2,1-2H3. The normalized spacial score (nSPS) is 13.9. The molecule has 9 heteroatoms. The molecule has 2 aromatic rings. The molecule has 3 heterocycles. The van der Waals surface area contributed by atoms with Crippen LogP contribution in [0.15, 0.2) is 24.4 Å². The number of aromatic nitrogens is 1. The van der Waals surface area contributed by atoms with Gasteiger partial charge >= 0.3 is 5.97 Å². The lowest BCUT2D eigenvalue weighted by Gasteiger charge is -2.26. The highest BCUT2D eigenvalue weighted by Gasteiger charge is 2.20. The lowest BCUT2D eigenvalue weighted by atomic mass is 10.2. The Balaban J connectivity index is 1.54. The Bertz CT molecular complexity index is 939. The molecule has 0 spiro atoms. The van der Waals surface area contributed by atoms with E-state index < -0.39 is 12.6 Å². The number of carbonyl (C=O) groups excluding carboxylic acids is 4. The Labute approximate surface area is 172 Å². The fourth-order valence-corrected chi connectivity index (χ4v) is 3.86. The van der Waals surface area contributed by atoms with Crippen LogP contribution in [0.2, 0.25) is 0 Å². The van der Waals surface area contributed by atoms with Crippen LogP contribution in [-0.2, 0) is 27.7 Å². The molecule has 0 radical (unpaired) electrons. The van der Waals surface area contributed by atoms with Crippen molar-refractivity contribution in [3.63, 3.8) is 0 Å². The molecule has 0 aliphatic carbocycles. The summed E-state index contributed by atoms with van der Waals surface area (Å²) in [4.78, 5) is 51.2. The first-order valence-electron chi connectivity index (χ1n) is 9.17. The summed E-state index contributed by atoms with van der Waals surface area (Å²) < 4.78 is 11.8. The molecule has 0 atom stereocenters. The smallest absolute Gasteiger partial charge is 0.355 e. The van der Waals surface area contributed by atoms with Crippen LogP contribution < -0.4 is 0 Å². The number of amides is 1. The summed E-state index contributed by atoms with van der Waals surface area (Å²) in [6.45, 7) is 3.25. The van der Waals surface area contributed by atoms with E-state index in [0.29, 0.717) is 36.7 Å². The van der Waals surface area contributed by atoms with Gasteiger partial charge in [-0.3, -0.25) is 14.4 Å². The Morgan fingerprint density at radius 1 is 1.17 bits per heavy atom. The van der Waals surface area contributed by atoms with Crippen molar-refractivity contribution in [2.75, 3.05) is 32.9 Å². The minimum Gasteiger partial charge on any atom is -0.453 e. The highest BCUT2D eigenvalue weighted by Crippen LogP contribution is 2.19. The van der Waals surface area contributed by atoms with E-state index in [2.05, 4.69) is 0 Å². The summed E-state index contributed by atoms with van der Waals surface area (Å²) in [5, 5.41) is 0. The summed E-state index contributed by atoms with van der Waals surface area (Å²) in [6, 6.07) is 4.82. The van der Waals surface area contributed by atoms with Gasteiger partial charge in [-0.15, -0.1) is 11.3 Å². The molecule has 1 fully saturated rings. The number of morpholine rings is 1. The molecule has 0 saturated carbocycles. The average molecular weight is 418 g/mol. The highest BCUT2D eigenvalue weighted by molar-refractivity contribution is 7.14. The van der Waals surface area contributed by atoms with Crippen molar-refractivity contribution in [1.29, 1.82) is 0 Å². The van der Waals surface area contributed by atoms with Crippen LogP contribution in [0.5, 0.6) is 0 Å². The summed E-state index contributed by atoms with van der Waals surface area (Å²) in [5.74, 6) is -1.17. The maximum atomic E-state index is 12.3. The first-order chi connectivity index (χ1) is 13.8. The van der Waals surface area contributed by atoms with Gasteiger partial charge in [0.15, 0.2) is 12.4 Å². The lowest BCUT2D eigenvalue weighted by molar-refractivity contribution is -0.134. The molecule has 1 aliphatic heterocycles. The second kappa shape index (κ2) is 9.15. The van der Waals surface area contributed by atoms with Crippen molar-refractivity contribution >= 4 is 34.8 Å². The number of ketones is 2. The van der Waals surface area contributed by atoms with Crippen LogP contribution in [0.3, 0.4) is 0 Å². The minimum atomic E-state index is -0.673. The van der Waals surface area contributed by atoms with Crippen LogP contribution in [0.4, 0.5) is 0 Å². The van der Waals surface area contributed by atoms with Gasteiger partial charge in [-0.2, -0.15) is 0 Å². The van der Waals surface area contributed by atoms with E-state index >= 15 is 0 Å². The fraction of sp³-hybridized carbons (Fsp3) is 0.400. The first-order valence-corrected chi connectivity index (χ1v) is 9.98. The van der Waals surface area contributed by atoms with E-state index in [1.54, 1.807) is 24.1 Å². The molecule has 3 rings (SSSR count). The van der Waals surface area contributed by atoms with E-state index in [0.717, 1.165) is 4.88 Å². The topological polar surface area (TPSA) is 94.9 Å². The van der Waals surface area contributed by atoms with Crippen molar-refractivity contribution in [2.24, 2.45) is 7.05 Å². The van der Waals surface area contributed by atoms with Crippen LogP contribution >= 0.6 is 11.3 Å². The van der Waals surface area contributed by atoms with Gasteiger partial charge in [0.1, 0.15) is 5.69 Å². The van der Waals surface area contributed by atoms with Gasteiger partial charge < -0.3 is 18.9 Å². The number of Topliss-reactive ketones (excluding diaryl/α,β-unsaturated/α-hetero) is 2. The van der Waals surface area contributed by atoms with Crippen molar-refractivity contribution in [3.05, 3.63) is 45.4 Å². The van der Waals surface area contributed by atoms with Crippen LogP contribution in [0.1, 0.15) is 42.3 Å². The molecule has 1 saturated heterocycles. The fourth-order valence-electron chi connectivity index (χ4n) is 2.93. The number of nitrogens with zero attached hydrogens (tertiary/aromatic N) is 2. The van der Waals surface area contributed by atoms with E-state index in [-0.39, 0.29) is 29.6 Å². The monoisotopic (exact) mass is 418 g/mol. The third-order valence-electron chi connectivity index (χ3n) is 4.58. The van der Waals surface area contributed by atoms with Crippen molar-refractivity contribution in [2.45, 2.75) is 13.3 Å². The van der Waals surface area contributed by atoms with E-state index in [9.17, 15) is 19.2 Å². The molecule has 0 aromatic carbocycles. The predicted octanol–water partition coefficient (Wildman–Crippen LogP) is 1.73. The molecule has 154 valence electrons. The predicted molar refractivity (Wildman–Crippen MR) is 105 cm³/mol. The summed E-state index contributed by atoms with van der Waals surface area (Å²) in [7, 11) is 1.63. The quantitative estimate of drug-likeness (QED) is 0.502. The van der Waals surface area contributed by atoms with Gasteiger partial charge in [0.2, 0.25) is 11.7 Å². The molecule has 1 amide bonds. The Hall–Kier alpha value is -2.78. The number of esters is 1. The molecule has 8 nitrogen and oxygen atoms in total. The first kappa shape index (κ1) is 20.9. The second-order valence-corrected chi connectivity index (χ2v) is 7.88. The van der Waals surface area contributed by atoms with E-state index in [4.69, 9.17) is 9.47 Å². The van der Waals surface area contributed by atoms with Crippen molar-refractivity contribution in [3.8, 4) is 0 Å². The zero-order valence-corrected chi connectivity index (χ0v) is 17.1. The largest absolute Gasteiger partial charge is 0.453 e. The van der Waals surface area contributed by atoms with Gasteiger partial charge in [0.05, 0.1) is 24.5 Å². The summed E-state index contributed by atoms with van der Waals surface area (Å²) >= 11 is 1.22. The third kappa shape index (κ3) is 5.18. The highest BCUT2D eigenvalue weighted by atomic mass is 32.1. The number of ether oxygens (including phenoxy) is 2. The van der Waals surface area contributed by atoms with Gasteiger partial charge in [0.25, 0.3) is 0 Å². The van der Waals surface area contributed by atoms with Gasteiger partial charge in [0, 0.05) is 36.8 Å². The summed E-state index contributed by atoms with van der Waals surface area (Å²) in [6.07, 6.45) is 1.77. The number of hydrogen-bond donors (Lipinski definition) is 0. The molecule has 0 unspecified atom stereocenters. The van der Waals surface area contributed by atoms with Gasteiger partial charge in [-0.25, -0.2) is 4.79 Å². The van der Waals surface area contributed by atoms with Gasteiger partial charge in [-0.1, -0.05) is 0 Å². The number of aryl methyl sites for hydroxylation is 1. The molecule has 29 heavy (non-hydrogen) atoms. The Morgan fingerprint density at radius 2 is 1.90 bits per heavy atom. The Morgan fingerprint density at radius 3 is 2.55 bits per heavy atom. The third-order valence-corrected chi connectivity index (χ3v) is 5.71. The summed E-state index contributed by atoms with van der Waals surface area (Å²) in [5.41, 5.74) is 0.601. The van der Waals surface area contributed by atoms with Crippen LogP contribution in [0.25, 0.3) is 0 Å². The van der Waals surface area contributed by atoms with Crippen molar-refractivity contribution in [1.82, 2.24) is 9.47 Å². The van der Waals surface area contributed by atoms with Crippen LogP contribution in [0, 0.1) is 0 Å². The van der Waals surface area contributed by atoms with Gasteiger partial charge in [-0.05, 0) is 25.1 Å². The lowest BCUT2D eigenvalue weighted by Crippen LogP contribution is -2.41. The molecular weight excluding hydrogens is 396 g/mol. The zero-order chi connectivity index (χ0) is 21.0. The minimum absolute atomic E-state index is 0.00515. The number of thiophene rings is 1. The molecule has 0 N–H and O–H groups in total. The van der Waals surface area contributed by atoms with E-state index in [1.165, 1.54) is 35.1 Å². The van der Waals surface area contributed by atoms with E-state index in [1.807, 2.05) is 0 Å². The Kier molecular flexibility index (Phi) is 6.60. The molecule has 1 aliphatic rings. The van der Waals surface area contributed by atoms with Crippen molar-refractivity contribution < 1.29 is 28.7 Å². The number of carbonyl (C=O) groups is 4. The molecular formula is C20H22N2O6S. The maximum absolute atomic E-state index is 12.3. The maximum Gasteiger partial charge on any atom is 0.355 e. The van der Waals surface area contributed by atoms with Crippen LogP contribution in [-0.4, -0.2) is 65.8 Å². The second-order valence-electron chi connectivity index (χ2n) is 6.72. The molecule has 0 bridgehead atoms. The zero-order valence-electron chi connectivity index (χ0n) is 16.3. The number of rotatable bonds is 7.